The van der Waals surface area contributed by atoms with Crippen molar-refractivity contribution in [2.75, 3.05) is 32.1 Å². The van der Waals surface area contributed by atoms with Crippen LogP contribution in [0.25, 0.3) is 0 Å². The zero-order chi connectivity index (χ0) is 6.27. The van der Waals surface area contributed by atoms with Crippen molar-refractivity contribution in [3.8, 4) is 0 Å². The van der Waals surface area contributed by atoms with Crippen LogP contribution in [-0.4, -0.2) is 32.1 Å². The molecule has 0 aromatic rings. The maximum absolute atomic E-state index is 3.46. The molecule has 9 heavy (non-hydrogen) atoms. The van der Waals surface area contributed by atoms with Gasteiger partial charge in [-0.15, -0.1) is 7.92 Å². The van der Waals surface area contributed by atoms with Crippen molar-refractivity contribution in [3.63, 3.8) is 0 Å². The van der Waals surface area contributed by atoms with Gasteiger partial charge in [0, 0.05) is 0 Å². The molecule has 1 N–H and O–H groups in total. The van der Waals surface area contributed by atoms with Crippen LogP contribution in [0, 0.1) is 11.8 Å². The number of rotatable bonds is 0. The van der Waals surface area contributed by atoms with Crippen molar-refractivity contribution < 1.29 is 0 Å². The van der Waals surface area contributed by atoms with Crippen molar-refractivity contribution in [1.29, 1.82) is 0 Å². The second-order valence-electron chi connectivity index (χ2n) is 3.40. The molecule has 2 saturated heterocycles. The van der Waals surface area contributed by atoms with Gasteiger partial charge in [0.2, 0.25) is 0 Å². The first-order valence-corrected chi connectivity index (χ1v) is 5.91. The second-order valence-corrected chi connectivity index (χ2v) is 5.84. The lowest BCUT2D eigenvalue weighted by molar-refractivity contribution is 0.533. The Morgan fingerprint density at radius 3 is 2.33 bits per heavy atom. The highest BCUT2D eigenvalue weighted by atomic mass is 31.1. The molecule has 1 nitrogen and oxygen atoms in total. The smallest absolute Gasteiger partial charge is 0.00138 e. The molecule has 0 aromatic heterocycles. The summed E-state index contributed by atoms with van der Waals surface area (Å²) >= 11 is 0. The maximum atomic E-state index is 3.46. The van der Waals surface area contributed by atoms with Gasteiger partial charge in [0.25, 0.3) is 0 Å². The predicted octanol–water partition coefficient (Wildman–Crippen LogP) is 0.947. The molecule has 2 heteroatoms. The molecule has 2 aliphatic heterocycles. The molecule has 0 amide bonds. The van der Waals surface area contributed by atoms with E-state index in [1.54, 1.807) is 12.3 Å². The van der Waals surface area contributed by atoms with Gasteiger partial charge in [0.1, 0.15) is 0 Å². The third-order valence-electron chi connectivity index (χ3n) is 2.57. The molecule has 0 aromatic carbocycles. The summed E-state index contributed by atoms with van der Waals surface area (Å²) in [5, 5.41) is 3.46. The lowest BCUT2D eigenvalue weighted by atomic mass is 10.0. The fourth-order valence-electron chi connectivity index (χ4n) is 2.09. The lowest BCUT2D eigenvalue weighted by Gasteiger charge is -2.02. The summed E-state index contributed by atoms with van der Waals surface area (Å²) in [6.45, 7) is 5.09. The van der Waals surface area contributed by atoms with E-state index >= 15 is 0 Å². The fourth-order valence-corrected chi connectivity index (χ4v) is 4.69. The quantitative estimate of drug-likeness (QED) is 0.498. The largest absolute Gasteiger partial charge is 0.316 e. The average molecular weight is 143 g/mol. The number of nitrogens with one attached hydrogen (secondary N) is 1. The van der Waals surface area contributed by atoms with Crippen LogP contribution in [0.1, 0.15) is 0 Å². The SMILES string of the molecule is CP1CC2CNCC2C1. The number of hydrogen-bond acceptors (Lipinski definition) is 1. The van der Waals surface area contributed by atoms with Gasteiger partial charge in [0.15, 0.2) is 0 Å². The van der Waals surface area contributed by atoms with Crippen LogP contribution in [0.4, 0.5) is 0 Å². The highest BCUT2D eigenvalue weighted by Gasteiger charge is 2.34. The van der Waals surface area contributed by atoms with Crippen molar-refractivity contribution in [2.24, 2.45) is 11.8 Å². The molecule has 2 fully saturated rings. The maximum Gasteiger partial charge on any atom is -0.00138 e. The minimum atomic E-state index is 0.462. The minimum Gasteiger partial charge on any atom is -0.316 e. The van der Waals surface area contributed by atoms with E-state index in [0.29, 0.717) is 7.92 Å². The van der Waals surface area contributed by atoms with Crippen LogP contribution >= 0.6 is 7.92 Å². The molecule has 0 saturated carbocycles. The van der Waals surface area contributed by atoms with Crippen LogP contribution < -0.4 is 5.32 Å². The Balaban J connectivity index is 2.02. The minimum absolute atomic E-state index is 0.462. The molecule has 2 rings (SSSR count). The summed E-state index contributed by atoms with van der Waals surface area (Å²) < 4.78 is 0. The van der Waals surface area contributed by atoms with E-state index in [9.17, 15) is 0 Å². The Morgan fingerprint density at radius 1 is 1.22 bits per heavy atom. The summed E-state index contributed by atoms with van der Waals surface area (Å²) in [4.78, 5) is 0. The van der Waals surface area contributed by atoms with Gasteiger partial charge in [-0.2, -0.15) is 0 Å². The van der Waals surface area contributed by atoms with E-state index in [4.69, 9.17) is 0 Å². The van der Waals surface area contributed by atoms with Crippen molar-refractivity contribution >= 4 is 7.92 Å². The Kier molecular flexibility index (Phi) is 1.51. The summed E-state index contributed by atoms with van der Waals surface area (Å²) in [6.07, 6.45) is 3.10. The van der Waals surface area contributed by atoms with Gasteiger partial charge in [-0.05, 0) is 43.9 Å². The molecule has 2 atom stereocenters. The first kappa shape index (κ1) is 6.12. The van der Waals surface area contributed by atoms with Crippen LogP contribution in [0.3, 0.4) is 0 Å². The first-order chi connectivity index (χ1) is 4.36. The van der Waals surface area contributed by atoms with Crippen molar-refractivity contribution in [3.05, 3.63) is 0 Å². The Morgan fingerprint density at radius 2 is 1.78 bits per heavy atom. The number of hydrogen-bond donors (Lipinski definition) is 1. The van der Waals surface area contributed by atoms with Gasteiger partial charge in [-0.1, -0.05) is 0 Å². The molecule has 2 aliphatic rings. The molecule has 0 spiro atoms. The third-order valence-corrected chi connectivity index (χ3v) is 4.76. The average Bonchev–Trinajstić information content (AvgIpc) is 2.22. The lowest BCUT2D eigenvalue weighted by Crippen LogP contribution is -2.10. The monoisotopic (exact) mass is 143 g/mol. The predicted molar refractivity (Wildman–Crippen MR) is 42.4 cm³/mol. The second kappa shape index (κ2) is 2.21. The summed E-state index contributed by atoms with van der Waals surface area (Å²) in [6, 6.07) is 0. The van der Waals surface area contributed by atoms with Gasteiger partial charge in [-0.25, -0.2) is 0 Å². The number of fused-ring (bicyclic) bond motifs is 1. The van der Waals surface area contributed by atoms with Gasteiger partial charge in [0.05, 0.1) is 0 Å². The van der Waals surface area contributed by atoms with E-state index in [1.165, 1.54) is 13.1 Å². The Bertz CT molecular complexity index is 103. The molecule has 0 radical (unpaired) electrons. The third kappa shape index (κ3) is 1.01. The topological polar surface area (TPSA) is 12.0 Å². The van der Waals surface area contributed by atoms with Gasteiger partial charge < -0.3 is 5.32 Å². The first-order valence-electron chi connectivity index (χ1n) is 3.75. The molecular formula is C7H14NP. The molecule has 0 aliphatic carbocycles. The molecule has 2 unspecified atom stereocenters. The fraction of sp³-hybridized carbons (Fsp3) is 1.00. The van der Waals surface area contributed by atoms with Crippen LogP contribution in [0.15, 0.2) is 0 Å². The summed E-state index contributed by atoms with van der Waals surface area (Å²) in [7, 11) is 0.462. The van der Waals surface area contributed by atoms with Gasteiger partial charge >= 0.3 is 0 Å². The normalized spacial score (nSPS) is 49.7. The summed E-state index contributed by atoms with van der Waals surface area (Å²) in [5.74, 6) is 2.14. The van der Waals surface area contributed by atoms with Crippen molar-refractivity contribution in [1.82, 2.24) is 5.32 Å². The van der Waals surface area contributed by atoms with Gasteiger partial charge in [-0.3, -0.25) is 0 Å². The zero-order valence-electron chi connectivity index (χ0n) is 5.93. The molecule has 0 bridgehead atoms. The van der Waals surface area contributed by atoms with Crippen LogP contribution in [-0.2, 0) is 0 Å². The highest BCUT2D eigenvalue weighted by Crippen LogP contribution is 2.47. The van der Waals surface area contributed by atoms with Crippen molar-refractivity contribution in [2.45, 2.75) is 0 Å². The molecular weight excluding hydrogens is 129 g/mol. The van der Waals surface area contributed by atoms with E-state index in [2.05, 4.69) is 12.0 Å². The Labute approximate surface area is 58.0 Å². The van der Waals surface area contributed by atoms with Crippen LogP contribution in [0.2, 0.25) is 0 Å². The molecule has 52 valence electrons. The summed E-state index contributed by atoms with van der Waals surface area (Å²) in [5.41, 5.74) is 0. The highest BCUT2D eigenvalue weighted by molar-refractivity contribution is 7.57. The standard InChI is InChI=1S/C7H14NP/c1-9-4-6-2-8-3-7(6)5-9/h6-8H,2-5H2,1H3. The molecule has 2 heterocycles. The van der Waals surface area contributed by atoms with Crippen LogP contribution in [0.5, 0.6) is 0 Å². The van der Waals surface area contributed by atoms with E-state index in [0.717, 1.165) is 11.8 Å². The van der Waals surface area contributed by atoms with E-state index < -0.39 is 0 Å². The van der Waals surface area contributed by atoms with E-state index in [-0.39, 0.29) is 0 Å². The van der Waals surface area contributed by atoms with E-state index in [1.807, 2.05) is 0 Å². The zero-order valence-corrected chi connectivity index (χ0v) is 6.82. The Hall–Kier alpha value is 0.390.